The first-order valence-electron chi connectivity index (χ1n) is 19.3. The van der Waals surface area contributed by atoms with Gasteiger partial charge in [0.15, 0.2) is 0 Å². The Morgan fingerprint density at radius 2 is 1.39 bits per heavy atom. The normalized spacial score (nSPS) is 18.8. The molecule has 2 aliphatic rings. The van der Waals surface area contributed by atoms with Crippen LogP contribution in [0.1, 0.15) is 106 Å². The second-order valence-electron chi connectivity index (χ2n) is 17.4. The van der Waals surface area contributed by atoms with Gasteiger partial charge in [0.1, 0.15) is 11.2 Å². The average Bonchev–Trinajstić information content (AvgIpc) is 3.47. The van der Waals surface area contributed by atoms with Crippen LogP contribution in [0.2, 0.25) is 50.4 Å². The van der Waals surface area contributed by atoms with Crippen LogP contribution >= 0.6 is 0 Å². The number of furan rings is 1. The molecule has 5 heteroatoms. The van der Waals surface area contributed by atoms with Crippen molar-refractivity contribution < 1.29 is 5.79 Å². The third-order valence-corrected chi connectivity index (χ3v) is 18.6. The lowest BCUT2D eigenvalue weighted by atomic mass is 9.73. The average molecular weight is 684 g/mol. The van der Waals surface area contributed by atoms with Gasteiger partial charge in [-0.05, 0) is 119 Å². The number of aromatic nitrogens is 1. The van der Waals surface area contributed by atoms with E-state index >= 15 is 0 Å². The van der Waals surface area contributed by atoms with Crippen LogP contribution in [0.15, 0.2) is 65.2 Å². The maximum atomic E-state index is 9.58. The lowest BCUT2D eigenvalue weighted by Crippen LogP contribution is -2.31. The Bertz CT molecular complexity index is 2060. The first-order valence-corrected chi connectivity index (χ1v) is 25.6. The molecule has 7 rings (SSSR count). The summed E-state index contributed by atoms with van der Waals surface area (Å²) in [6.45, 7) is 20.0. The molecule has 0 bridgehead atoms. The van der Waals surface area contributed by atoms with Gasteiger partial charge in [0.2, 0.25) is 0 Å². The molecule has 3 aromatic carbocycles. The van der Waals surface area contributed by atoms with E-state index in [9.17, 15) is 5.26 Å². The number of pyridine rings is 1. The Hall–Kier alpha value is -3.47. The lowest BCUT2D eigenvalue weighted by molar-refractivity contribution is 0.573. The second-order valence-corrected chi connectivity index (χ2v) is 28.0. The largest absolute Gasteiger partial charge is 0.455 e. The van der Waals surface area contributed by atoms with Crippen molar-refractivity contribution in [3.8, 4) is 28.5 Å². The fourth-order valence-corrected chi connectivity index (χ4v) is 14.2. The zero-order valence-electron chi connectivity index (χ0n) is 32.0. The minimum atomic E-state index is -1.11. The van der Waals surface area contributed by atoms with Gasteiger partial charge in [-0.25, -0.2) is 0 Å². The highest BCUT2D eigenvalue weighted by Gasteiger charge is 2.36. The number of fused-ring (bicyclic) bond motifs is 3. The van der Waals surface area contributed by atoms with E-state index in [-0.39, 0.29) is 6.04 Å². The van der Waals surface area contributed by atoms with E-state index in [1.165, 1.54) is 61.0 Å². The summed E-state index contributed by atoms with van der Waals surface area (Å²) in [6.07, 6.45) is 7.28. The zero-order chi connectivity index (χ0) is 35.5. The molecule has 254 valence electrons. The maximum absolute atomic E-state index is 9.58. The summed E-state index contributed by atoms with van der Waals surface area (Å²) in [5.41, 5.74) is 12.4. The molecule has 0 unspecified atom stereocenters. The molecule has 49 heavy (non-hydrogen) atoms. The first kappa shape index (κ1) is 32.7. The number of hydrogen-bond acceptors (Lipinski definition) is 3. The summed E-state index contributed by atoms with van der Waals surface area (Å²) in [7, 11) is -2.21. The summed E-state index contributed by atoms with van der Waals surface area (Å²) in [6, 6.07) is 25.1. The number of benzene rings is 3. The third kappa shape index (κ3) is 6.48. The van der Waals surface area contributed by atoms with Crippen LogP contribution in [0.4, 0.5) is 0 Å². The van der Waals surface area contributed by atoms with E-state index in [2.05, 4.69) is 90.3 Å². The van der Waals surface area contributed by atoms with E-state index in [4.69, 9.17) is 10.8 Å². The molecule has 0 atom stereocenters. The molecule has 0 amide bonds. The molecule has 2 aliphatic heterocycles. The van der Waals surface area contributed by atoms with Crippen molar-refractivity contribution in [2.45, 2.75) is 127 Å². The van der Waals surface area contributed by atoms with Crippen LogP contribution in [-0.2, 0) is 0 Å². The van der Waals surface area contributed by atoms with E-state index in [0.29, 0.717) is 34.8 Å². The van der Waals surface area contributed by atoms with Gasteiger partial charge in [-0.2, -0.15) is 5.26 Å². The van der Waals surface area contributed by atoms with Crippen molar-refractivity contribution in [3.63, 3.8) is 0 Å². The van der Waals surface area contributed by atoms with E-state index in [1.807, 2.05) is 18.3 Å². The number of hydrogen-bond donors (Lipinski definition) is 0. The van der Waals surface area contributed by atoms with Crippen LogP contribution in [0.25, 0.3) is 44.3 Å². The Labute approximate surface area is 297 Å². The summed E-state index contributed by atoms with van der Waals surface area (Å²) in [5.74, 6) is 2.06. The van der Waals surface area contributed by atoms with Gasteiger partial charge in [-0.15, -0.1) is 0 Å². The minimum absolute atomic E-state index is 0.142. The third-order valence-electron chi connectivity index (χ3n) is 12.0. The van der Waals surface area contributed by atoms with Crippen molar-refractivity contribution in [2.75, 3.05) is 0 Å². The molecule has 5 aromatic rings. The Balaban J connectivity index is 1.45. The highest BCUT2D eigenvalue weighted by Crippen LogP contribution is 2.51. The molecule has 0 radical (unpaired) electrons. The molecular formula is C44H54N2OSi2. The van der Waals surface area contributed by atoms with Crippen molar-refractivity contribution in [1.82, 2.24) is 4.98 Å². The van der Waals surface area contributed by atoms with E-state index in [0.717, 1.165) is 27.6 Å². The lowest BCUT2D eigenvalue weighted by Gasteiger charge is -2.39. The highest BCUT2D eigenvalue weighted by atomic mass is 28.3. The number of rotatable bonds is 6. The van der Waals surface area contributed by atoms with Gasteiger partial charge in [-0.3, -0.25) is 4.98 Å². The monoisotopic (exact) mass is 683 g/mol. The van der Waals surface area contributed by atoms with Gasteiger partial charge in [0.05, 0.1) is 18.7 Å². The molecule has 0 aliphatic carbocycles. The van der Waals surface area contributed by atoms with E-state index in [1.54, 1.807) is 28.3 Å². The summed E-state index contributed by atoms with van der Waals surface area (Å²) in [5, 5.41) is 11.4. The van der Waals surface area contributed by atoms with Gasteiger partial charge >= 0.3 is 0 Å². The maximum Gasteiger partial charge on any atom is 0.144 e. The Morgan fingerprint density at radius 3 is 1.94 bits per heavy atom. The molecule has 4 heterocycles. The molecule has 0 N–H and O–H groups in total. The SMILES string of the molecule is [2H]c1c(C#N)ccc2c1oc1c(-c3cc(-c4c(C(C)C)c(C5CC[Si](C)(C)CC5)cc(C5CC[Si](C)(C)CC5)c4C(C)C)ccn3)cccc12. The second kappa shape index (κ2) is 13.0. The quantitative estimate of drug-likeness (QED) is 0.167. The topological polar surface area (TPSA) is 49.8 Å². The van der Waals surface area contributed by atoms with Crippen LogP contribution in [0.3, 0.4) is 0 Å². The number of nitrogens with zero attached hydrogens (tertiary/aromatic N) is 2. The van der Waals surface area contributed by atoms with Crippen LogP contribution in [-0.4, -0.2) is 21.1 Å². The summed E-state index contributed by atoms with van der Waals surface area (Å²) in [4.78, 5) is 4.97. The molecule has 0 spiro atoms. The zero-order valence-corrected chi connectivity index (χ0v) is 33.0. The predicted octanol–water partition coefficient (Wildman–Crippen LogP) is 13.6. The number of nitriles is 1. The van der Waals surface area contributed by atoms with Crippen LogP contribution in [0.5, 0.6) is 0 Å². The van der Waals surface area contributed by atoms with Crippen LogP contribution in [0, 0.1) is 11.3 Å². The molecule has 2 fully saturated rings. The van der Waals surface area contributed by atoms with Crippen molar-refractivity contribution in [2.24, 2.45) is 0 Å². The minimum Gasteiger partial charge on any atom is -0.455 e. The first-order chi connectivity index (χ1) is 23.8. The molecule has 2 saturated heterocycles. The Morgan fingerprint density at radius 1 is 0.796 bits per heavy atom. The molecule has 0 saturated carbocycles. The van der Waals surface area contributed by atoms with Gasteiger partial charge in [0, 0.05) is 38.7 Å². The smallest absolute Gasteiger partial charge is 0.144 e. The summed E-state index contributed by atoms with van der Waals surface area (Å²) < 4.78 is 15.1. The van der Waals surface area contributed by atoms with Crippen molar-refractivity contribution >= 4 is 38.1 Å². The summed E-state index contributed by atoms with van der Waals surface area (Å²) >= 11 is 0. The van der Waals surface area contributed by atoms with Gasteiger partial charge in [0.25, 0.3) is 0 Å². The van der Waals surface area contributed by atoms with E-state index < -0.39 is 16.1 Å². The number of para-hydroxylation sites is 1. The van der Waals surface area contributed by atoms with Gasteiger partial charge < -0.3 is 4.42 Å². The van der Waals surface area contributed by atoms with Gasteiger partial charge in [-0.1, -0.05) is 96.3 Å². The predicted molar refractivity (Wildman–Crippen MR) is 213 cm³/mol. The molecule has 3 nitrogen and oxygen atoms in total. The highest BCUT2D eigenvalue weighted by molar-refractivity contribution is 6.78. The standard InChI is InChI=1S/C44H54N2OSi2/c1-28(2)41-37(31-15-20-48(5,6)21-16-31)26-38(32-17-22-49(7,8)23-18-32)42(29(3)4)43(41)33-14-19-46-39(25-33)36-11-9-10-35-34-13-12-30(27-45)24-40(34)47-44(35)36/h9-14,19,24-26,28-29,31-32H,15-18,20-23H2,1-8H3/i24D. The van der Waals surface area contributed by atoms with Crippen molar-refractivity contribution in [3.05, 3.63) is 88.6 Å². The van der Waals surface area contributed by atoms with Crippen LogP contribution < -0.4 is 0 Å². The Kier molecular flexibility index (Phi) is 8.69. The van der Waals surface area contributed by atoms with Crippen molar-refractivity contribution in [1.29, 1.82) is 5.26 Å². The fourth-order valence-electron chi connectivity index (χ4n) is 9.14. The molecule has 2 aromatic heterocycles. The molecular weight excluding hydrogens is 629 g/mol. The fraction of sp³-hybridized carbons (Fsp3) is 0.455.